The Kier molecular flexibility index (Phi) is 5.44. The molecular weight excluding hydrogens is 465 g/mol. The van der Waals surface area contributed by atoms with Crippen molar-refractivity contribution in [2.24, 2.45) is 0 Å². The van der Waals surface area contributed by atoms with E-state index in [1.54, 1.807) is 25.1 Å². The third-order valence-corrected chi connectivity index (χ3v) is 4.62. The quantitative estimate of drug-likeness (QED) is 0.278. The number of nitrogens with zero attached hydrogens (tertiary/aromatic N) is 3. The second kappa shape index (κ2) is 7.51. The van der Waals surface area contributed by atoms with E-state index in [0.717, 1.165) is 16.6 Å². The molecule has 28 heavy (non-hydrogen) atoms. The topological polar surface area (TPSA) is 81.0 Å². The molecule has 146 valence electrons. The zero-order valence-corrected chi connectivity index (χ0v) is 16.4. The highest BCUT2D eigenvalue weighted by molar-refractivity contribution is 9.10. The van der Waals surface area contributed by atoms with Crippen LogP contribution in [0, 0.1) is 10.1 Å². The van der Waals surface area contributed by atoms with E-state index in [4.69, 9.17) is 11.6 Å². The number of fused-ring (bicyclic) bond motifs is 1. The van der Waals surface area contributed by atoms with Gasteiger partial charge in [-0.1, -0.05) is 15.9 Å². The molecule has 3 aromatic rings. The number of hydrogen-bond acceptors (Lipinski definition) is 5. The molecule has 2 aromatic carbocycles. The Morgan fingerprint density at radius 3 is 2.57 bits per heavy atom. The van der Waals surface area contributed by atoms with Gasteiger partial charge in [0.2, 0.25) is 5.28 Å². The van der Waals surface area contributed by atoms with Crippen LogP contribution in [0.25, 0.3) is 10.9 Å². The monoisotopic (exact) mass is 474 g/mol. The van der Waals surface area contributed by atoms with Crippen LogP contribution in [0.5, 0.6) is 0 Å². The van der Waals surface area contributed by atoms with Crippen LogP contribution in [0.15, 0.2) is 40.9 Å². The lowest BCUT2D eigenvalue weighted by molar-refractivity contribution is -0.385. The molecule has 0 unspecified atom stereocenters. The third-order valence-electron chi connectivity index (χ3n) is 3.96. The Morgan fingerprint density at radius 2 is 1.93 bits per heavy atom. The van der Waals surface area contributed by atoms with Gasteiger partial charge in [-0.15, -0.1) is 0 Å². The Morgan fingerprint density at radius 1 is 1.21 bits per heavy atom. The summed E-state index contributed by atoms with van der Waals surface area (Å²) in [6.45, 7) is 1.57. The van der Waals surface area contributed by atoms with E-state index in [1.165, 1.54) is 0 Å². The number of nitro groups is 1. The molecule has 0 saturated heterocycles. The number of hydrogen-bond donors (Lipinski definition) is 1. The largest absolute Gasteiger partial charge is 0.416 e. The number of benzene rings is 2. The van der Waals surface area contributed by atoms with Crippen molar-refractivity contribution in [1.82, 2.24) is 9.97 Å². The molecule has 0 amide bonds. The van der Waals surface area contributed by atoms with Crippen molar-refractivity contribution in [2.45, 2.75) is 19.1 Å². The minimum Gasteiger partial charge on any atom is -0.363 e. The summed E-state index contributed by atoms with van der Waals surface area (Å²) >= 11 is 9.27. The van der Waals surface area contributed by atoms with E-state index in [0.29, 0.717) is 22.8 Å². The summed E-state index contributed by atoms with van der Waals surface area (Å²) in [4.78, 5) is 18.4. The molecule has 1 atom stereocenters. The lowest BCUT2D eigenvalue weighted by Crippen LogP contribution is -2.12. The number of nitrogens with one attached hydrogen (secondary N) is 1. The van der Waals surface area contributed by atoms with E-state index in [1.807, 2.05) is 0 Å². The Bertz CT molecular complexity index is 1080. The molecule has 11 heteroatoms. The maximum absolute atomic E-state index is 13.1. The SMILES string of the molecule is C[C@@H](Nc1nc(Cl)nc2ccc(Br)cc12)c1cc([N+](=O)[O-])cc(C(F)(F)F)c1. The second-order valence-electron chi connectivity index (χ2n) is 5.94. The first-order valence-corrected chi connectivity index (χ1v) is 8.97. The van der Waals surface area contributed by atoms with Gasteiger partial charge in [-0.25, -0.2) is 9.97 Å². The lowest BCUT2D eigenvalue weighted by Gasteiger charge is -2.18. The highest BCUT2D eigenvalue weighted by Crippen LogP contribution is 2.35. The van der Waals surface area contributed by atoms with Crippen molar-refractivity contribution in [3.63, 3.8) is 0 Å². The maximum Gasteiger partial charge on any atom is 0.416 e. The van der Waals surface area contributed by atoms with Gasteiger partial charge >= 0.3 is 6.18 Å². The number of anilines is 1. The number of aromatic nitrogens is 2. The summed E-state index contributed by atoms with van der Waals surface area (Å²) in [5, 5.41) is 14.6. The third kappa shape index (κ3) is 4.33. The van der Waals surface area contributed by atoms with Crippen LogP contribution in [0.1, 0.15) is 24.1 Å². The standard InChI is InChI=1S/C17H11BrClF3N4O2/c1-8(9-4-10(17(20,21)22)6-12(5-9)26(27)28)23-15-13-7-11(18)2-3-14(13)24-16(19)25-15/h2-8H,1H3,(H,23,24,25)/t8-/m1/s1. The fraction of sp³-hybridized carbons (Fsp3) is 0.176. The Balaban J connectivity index is 2.05. The van der Waals surface area contributed by atoms with Crippen molar-refractivity contribution < 1.29 is 18.1 Å². The van der Waals surface area contributed by atoms with Crippen LogP contribution in [0.3, 0.4) is 0 Å². The fourth-order valence-corrected chi connectivity index (χ4v) is 3.16. The zero-order valence-electron chi connectivity index (χ0n) is 14.1. The van der Waals surface area contributed by atoms with Crippen molar-refractivity contribution in [3.8, 4) is 0 Å². The zero-order chi connectivity index (χ0) is 20.6. The van der Waals surface area contributed by atoms with Gasteiger partial charge in [-0.2, -0.15) is 13.2 Å². The molecular formula is C17H11BrClF3N4O2. The summed E-state index contributed by atoms with van der Waals surface area (Å²) in [7, 11) is 0. The summed E-state index contributed by atoms with van der Waals surface area (Å²) in [6, 6.07) is 6.93. The Labute approximate surface area is 170 Å². The molecule has 1 heterocycles. The molecule has 0 fully saturated rings. The number of rotatable bonds is 4. The van der Waals surface area contributed by atoms with E-state index in [-0.39, 0.29) is 10.8 Å². The minimum absolute atomic E-state index is 0.0421. The second-order valence-corrected chi connectivity index (χ2v) is 7.19. The van der Waals surface area contributed by atoms with Crippen molar-refractivity contribution in [2.75, 3.05) is 5.32 Å². The van der Waals surface area contributed by atoms with Crippen LogP contribution in [0.4, 0.5) is 24.7 Å². The van der Waals surface area contributed by atoms with Gasteiger partial charge in [0.25, 0.3) is 5.69 Å². The molecule has 0 saturated carbocycles. The first kappa shape index (κ1) is 20.3. The molecule has 1 N–H and O–H groups in total. The highest BCUT2D eigenvalue weighted by atomic mass is 79.9. The molecule has 0 aliphatic heterocycles. The molecule has 6 nitrogen and oxygen atoms in total. The summed E-state index contributed by atoms with van der Waals surface area (Å²) in [5.41, 5.74) is -1.13. The van der Waals surface area contributed by atoms with Crippen molar-refractivity contribution >= 4 is 49.9 Å². The minimum atomic E-state index is -4.71. The van der Waals surface area contributed by atoms with Crippen LogP contribution >= 0.6 is 27.5 Å². The van der Waals surface area contributed by atoms with Crippen LogP contribution in [0.2, 0.25) is 5.28 Å². The summed E-state index contributed by atoms with van der Waals surface area (Å²) in [6.07, 6.45) is -4.71. The lowest BCUT2D eigenvalue weighted by atomic mass is 10.0. The first-order chi connectivity index (χ1) is 13.0. The fourth-order valence-electron chi connectivity index (χ4n) is 2.62. The van der Waals surface area contributed by atoms with Gasteiger partial charge in [0.1, 0.15) is 5.82 Å². The molecule has 0 aliphatic carbocycles. The number of non-ortho nitro benzene ring substituents is 1. The molecule has 0 radical (unpaired) electrons. The summed E-state index contributed by atoms with van der Waals surface area (Å²) in [5.74, 6) is 0.295. The molecule has 0 aliphatic rings. The van der Waals surface area contributed by atoms with Crippen molar-refractivity contribution in [3.05, 3.63) is 67.4 Å². The van der Waals surface area contributed by atoms with E-state index in [9.17, 15) is 23.3 Å². The smallest absolute Gasteiger partial charge is 0.363 e. The van der Waals surface area contributed by atoms with Gasteiger partial charge in [0.15, 0.2) is 0 Å². The summed E-state index contributed by atoms with van der Waals surface area (Å²) < 4.78 is 40.1. The average molecular weight is 476 g/mol. The Hall–Kier alpha value is -2.46. The predicted molar refractivity (Wildman–Crippen MR) is 102 cm³/mol. The number of alkyl halides is 3. The van der Waals surface area contributed by atoms with Crippen LogP contribution in [-0.2, 0) is 6.18 Å². The molecule has 3 rings (SSSR count). The van der Waals surface area contributed by atoms with Crippen LogP contribution in [-0.4, -0.2) is 14.9 Å². The van der Waals surface area contributed by atoms with Crippen LogP contribution < -0.4 is 5.32 Å². The van der Waals surface area contributed by atoms with Gasteiger partial charge in [-0.05, 0) is 48.4 Å². The van der Waals surface area contributed by atoms with E-state index in [2.05, 4.69) is 31.2 Å². The number of nitro benzene ring substituents is 1. The highest BCUT2D eigenvalue weighted by Gasteiger charge is 2.33. The van der Waals surface area contributed by atoms with Crippen molar-refractivity contribution in [1.29, 1.82) is 0 Å². The normalized spacial score (nSPS) is 12.8. The van der Waals surface area contributed by atoms with Gasteiger partial charge in [0, 0.05) is 22.0 Å². The molecule has 0 bridgehead atoms. The first-order valence-electron chi connectivity index (χ1n) is 7.80. The maximum atomic E-state index is 13.1. The van der Waals surface area contributed by atoms with Gasteiger partial charge in [-0.3, -0.25) is 10.1 Å². The average Bonchev–Trinajstić information content (AvgIpc) is 2.61. The molecule has 0 spiro atoms. The predicted octanol–water partition coefficient (Wildman–Crippen LogP) is 6.15. The van der Waals surface area contributed by atoms with Gasteiger partial charge < -0.3 is 5.32 Å². The van der Waals surface area contributed by atoms with E-state index >= 15 is 0 Å². The van der Waals surface area contributed by atoms with E-state index < -0.39 is 28.4 Å². The van der Waals surface area contributed by atoms with Gasteiger partial charge in [0.05, 0.1) is 22.0 Å². The number of halogens is 5. The molecule has 1 aromatic heterocycles.